The fourth-order valence-electron chi connectivity index (χ4n) is 1.59. The van der Waals surface area contributed by atoms with Crippen LogP contribution in [-0.4, -0.2) is 20.1 Å². The first kappa shape index (κ1) is 14.6. The molecular formula is C13H21NO3Si. The SMILES string of the molecule is C[SiH](C)Oc1cc(C(C)(C)C)cc(C(=O)O)c1N. The molecule has 0 aromatic heterocycles. The van der Waals surface area contributed by atoms with Gasteiger partial charge in [-0.3, -0.25) is 0 Å². The lowest BCUT2D eigenvalue weighted by molar-refractivity contribution is 0.0697. The summed E-state index contributed by atoms with van der Waals surface area (Å²) in [5, 5.41) is 9.19. The maximum atomic E-state index is 11.2. The van der Waals surface area contributed by atoms with Gasteiger partial charge in [0.2, 0.25) is 9.04 Å². The highest BCUT2D eigenvalue weighted by Gasteiger charge is 2.21. The van der Waals surface area contributed by atoms with E-state index >= 15 is 0 Å². The third-order valence-electron chi connectivity index (χ3n) is 2.60. The summed E-state index contributed by atoms with van der Waals surface area (Å²) in [5.41, 5.74) is 6.97. The number of nitrogen functional groups attached to an aromatic ring is 1. The van der Waals surface area contributed by atoms with Crippen LogP contribution in [0, 0.1) is 0 Å². The minimum atomic E-state index is -1.32. The summed E-state index contributed by atoms with van der Waals surface area (Å²) in [7, 11) is -1.32. The molecule has 0 aliphatic carbocycles. The van der Waals surface area contributed by atoms with Crippen molar-refractivity contribution >= 4 is 20.7 Å². The van der Waals surface area contributed by atoms with Gasteiger partial charge in [-0.05, 0) is 36.2 Å². The van der Waals surface area contributed by atoms with Gasteiger partial charge in [0.25, 0.3) is 0 Å². The number of nitrogens with two attached hydrogens (primary N) is 1. The molecule has 0 atom stereocenters. The van der Waals surface area contributed by atoms with E-state index in [-0.39, 0.29) is 16.7 Å². The topological polar surface area (TPSA) is 72.5 Å². The van der Waals surface area contributed by atoms with E-state index in [0.717, 1.165) is 5.56 Å². The van der Waals surface area contributed by atoms with Crippen LogP contribution in [0.4, 0.5) is 5.69 Å². The molecule has 0 saturated carbocycles. The number of anilines is 1. The van der Waals surface area contributed by atoms with Gasteiger partial charge < -0.3 is 15.3 Å². The van der Waals surface area contributed by atoms with E-state index < -0.39 is 15.0 Å². The summed E-state index contributed by atoms with van der Waals surface area (Å²) >= 11 is 0. The minimum Gasteiger partial charge on any atom is -0.546 e. The molecule has 5 heteroatoms. The van der Waals surface area contributed by atoms with E-state index in [4.69, 9.17) is 10.2 Å². The monoisotopic (exact) mass is 267 g/mol. The number of carbonyl (C=O) groups is 1. The highest BCUT2D eigenvalue weighted by Crippen LogP contribution is 2.33. The molecule has 0 radical (unpaired) electrons. The van der Waals surface area contributed by atoms with E-state index in [1.807, 2.05) is 39.9 Å². The Morgan fingerprint density at radius 1 is 1.33 bits per heavy atom. The molecule has 0 aliphatic heterocycles. The number of carboxylic acid groups (broad SMARTS) is 1. The number of aromatic carboxylic acids is 1. The number of benzene rings is 1. The maximum absolute atomic E-state index is 11.2. The zero-order chi connectivity index (χ0) is 14.1. The average Bonchev–Trinajstić information content (AvgIpc) is 2.18. The van der Waals surface area contributed by atoms with Crippen LogP contribution in [0.15, 0.2) is 12.1 Å². The maximum Gasteiger partial charge on any atom is 0.337 e. The highest BCUT2D eigenvalue weighted by molar-refractivity contribution is 6.49. The third kappa shape index (κ3) is 3.26. The summed E-state index contributed by atoms with van der Waals surface area (Å²) in [6.07, 6.45) is 0. The Hall–Kier alpha value is -1.49. The first-order chi connectivity index (χ1) is 8.12. The van der Waals surface area contributed by atoms with Crippen LogP contribution in [0.3, 0.4) is 0 Å². The Morgan fingerprint density at radius 2 is 1.89 bits per heavy atom. The molecule has 0 saturated heterocycles. The molecule has 100 valence electrons. The summed E-state index contributed by atoms with van der Waals surface area (Å²) in [4.78, 5) is 11.2. The molecule has 0 spiro atoms. The van der Waals surface area contributed by atoms with Crippen molar-refractivity contribution in [3.63, 3.8) is 0 Å². The largest absolute Gasteiger partial charge is 0.546 e. The number of hydrogen-bond donors (Lipinski definition) is 2. The summed E-state index contributed by atoms with van der Waals surface area (Å²) < 4.78 is 5.72. The quantitative estimate of drug-likeness (QED) is 0.652. The standard InChI is InChI=1S/C13H21NO3Si/c1-13(2,3)8-6-9(12(15)16)11(14)10(7-8)17-18(4)5/h6-7,18H,14H2,1-5H3,(H,15,16). The molecule has 0 bridgehead atoms. The van der Waals surface area contributed by atoms with Crippen LogP contribution in [0.25, 0.3) is 0 Å². The Bertz CT molecular complexity index is 464. The molecule has 4 nitrogen and oxygen atoms in total. The second-order valence-electron chi connectivity index (χ2n) is 5.66. The van der Waals surface area contributed by atoms with E-state index in [1.165, 1.54) is 0 Å². The van der Waals surface area contributed by atoms with Crippen molar-refractivity contribution in [1.29, 1.82) is 0 Å². The van der Waals surface area contributed by atoms with Crippen LogP contribution in [0.2, 0.25) is 13.1 Å². The lowest BCUT2D eigenvalue weighted by Gasteiger charge is -2.23. The van der Waals surface area contributed by atoms with Gasteiger partial charge in [-0.2, -0.15) is 0 Å². The molecule has 0 aliphatic rings. The first-order valence-corrected chi connectivity index (χ1v) is 8.75. The molecule has 0 unspecified atom stereocenters. The number of carboxylic acids is 1. The average molecular weight is 267 g/mol. The zero-order valence-corrected chi connectivity index (χ0v) is 12.7. The third-order valence-corrected chi connectivity index (χ3v) is 3.33. The van der Waals surface area contributed by atoms with Crippen molar-refractivity contribution in [2.45, 2.75) is 39.3 Å². The normalized spacial score (nSPS) is 11.7. The van der Waals surface area contributed by atoms with Crippen molar-refractivity contribution in [2.75, 3.05) is 5.73 Å². The van der Waals surface area contributed by atoms with E-state index in [2.05, 4.69) is 0 Å². The van der Waals surface area contributed by atoms with Gasteiger partial charge in [-0.15, -0.1) is 0 Å². The van der Waals surface area contributed by atoms with Gasteiger partial charge in [0.1, 0.15) is 5.75 Å². The van der Waals surface area contributed by atoms with Gasteiger partial charge in [-0.1, -0.05) is 20.8 Å². The van der Waals surface area contributed by atoms with Crippen LogP contribution in [0.5, 0.6) is 5.75 Å². The summed E-state index contributed by atoms with van der Waals surface area (Å²) in [6, 6.07) is 3.49. The summed E-state index contributed by atoms with van der Waals surface area (Å²) in [5.74, 6) is -0.518. The highest BCUT2D eigenvalue weighted by atomic mass is 28.3. The molecule has 1 aromatic rings. The Balaban J connectivity index is 3.42. The van der Waals surface area contributed by atoms with Gasteiger partial charge in [0.15, 0.2) is 0 Å². The van der Waals surface area contributed by atoms with E-state index in [1.54, 1.807) is 6.07 Å². The fraction of sp³-hybridized carbons (Fsp3) is 0.462. The molecule has 1 aromatic carbocycles. The molecule has 18 heavy (non-hydrogen) atoms. The predicted octanol–water partition coefficient (Wildman–Crippen LogP) is 2.63. The molecule has 0 heterocycles. The molecular weight excluding hydrogens is 246 g/mol. The van der Waals surface area contributed by atoms with Crippen molar-refractivity contribution in [1.82, 2.24) is 0 Å². The second kappa shape index (κ2) is 5.02. The predicted molar refractivity (Wildman–Crippen MR) is 76.0 cm³/mol. The Labute approximate surface area is 109 Å². The number of rotatable bonds is 3. The molecule has 0 fully saturated rings. The minimum absolute atomic E-state index is 0.118. The second-order valence-corrected chi connectivity index (χ2v) is 7.99. The van der Waals surface area contributed by atoms with Crippen LogP contribution in [-0.2, 0) is 5.41 Å². The van der Waals surface area contributed by atoms with Gasteiger partial charge in [0.05, 0.1) is 11.3 Å². The van der Waals surface area contributed by atoms with Gasteiger partial charge in [-0.25, -0.2) is 4.79 Å². The van der Waals surface area contributed by atoms with Gasteiger partial charge in [0, 0.05) is 0 Å². The van der Waals surface area contributed by atoms with Crippen LogP contribution >= 0.6 is 0 Å². The van der Waals surface area contributed by atoms with Crippen LogP contribution < -0.4 is 10.2 Å². The fourth-order valence-corrected chi connectivity index (χ4v) is 2.29. The number of hydrogen-bond acceptors (Lipinski definition) is 3. The summed E-state index contributed by atoms with van der Waals surface area (Å²) in [6.45, 7) is 10.1. The lowest BCUT2D eigenvalue weighted by Crippen LogP contribution is -2.18. The van der Waals surface area contributed by atoms with Crippen LogP contribution in [0.1, 0.15) is 36.7 Å². The van der Waals surface area contributed by atoms with Crippen molar-refractivity contribution in [2.24, 2.45) is 0 Å². The van der Waals surface area contributed by atoms with Crippen molar-refractivity contribution in [3.05, 3.63) is 23.3 Å². The molecule has 0 amide bonds. The Kier molecular flexibility index (Phi) is 4.06. The smallest absolute Gasteiger partial charge is 0.337 e. The zero-order valence-electron chi connectivity index (χ0n) is 11.6. The van der Waals surface area contributed by atoms with Crippen molar-refractivity contribution < 1.29 is 14.3 Å². The molecule has 1 rings (SSSR count). The van der Waals surface area contributed by atoms with Gasteiger partial charge >= 0.3 is 5.97 Å². The Morgan fingerprint density at radius 3 is 2.28 bits per heavy atom. The molecule has 3 N–H and O–H groups in total. The van der Waals surface area contributed by atoms with Crippen molar-refractivity contribution in [3.8, 4) is 5.75 Å². The first-order valence-electron chi connectivity index (χ1n) is 5.97. The van der Waals surface area contributed by atoms with E-state index in [9.17, 15) is 9.90 Å². The lowest BCUT2D eigenvalue weighted by atomic mass is 9.85. The van der Waals surface area contributed by atoms with E-state index in [0.29, 0.717) is 5.75 Å².